The standard InChI is InChI=1S/C19H22N2O4S2/c1-19(2)11-14-17(15(22)12-19)26-18(20-14)21-16(23)9-6-10-27(24,25)13-7-4-3-5-8-13/h3-5,7-8H,6,9-12H2,1-2H3,(H,20,21,23). The minimum absolute atomic E-state index is 0.0632. The highest BCUT2D eigenvalue weighted by atomic mass is 32.2. The minimum Gasteiger partial charge on any atom is -0.302 e. The molecule has 0 bridgehead atoms. The monoisotopic (exact) mass is 406 g/mol. The Bertz CT molecular complexity index is 963. The molecule has 1 aliphatic rings. The van der Waals surface area contributed by atoms with Crippen LogP contribution in [0.4, 0.5) is 5.13 Å². The molecule has 2 aromatic rings. The van der Waals surface area contributed by atoms with Gasteiger partial charge in [-0.3, -0.25) is 9.59 Å². The first kappa shape index (κ1) is 19.7. The average Bonchev–Trinajstić information content (AvgIpc) is 2.96. The number of thiazole rings is 1. The fraction of sp³-hybridized carbons (Fsp3) is 0.421. The molecular formula is C19H22N2O4S2. The molecule has 0 saturated heterocycles. The van der Waals surface area contributed by atoms with Crippen LogP contribution in [0.2, 0.25) is 0 Å². The maximum Gasteiger partial charge on any atom is 0.226 e. The molecule has 8 heteroatoms. The molecule has 1 heterocycles. The van der Waals surface area contributed by atoms with Crippen molar-refractivity contribution in [3.05, 3.63) is 40.9 Å². The second kappa shape index (κ2) is 7.52. The van der Waals surface area contributed by atoms with Gasteiger partial charge in [0.25, 0.3) is 0 Å². The van der Waals surface area contributed by atoms with Crippen LogP contribution in [-0.2, 0) is 21.1 Å². The molecule has 0 saturated carbocycles. The van der Waals surface area contributed by atoms with Gasteiger partial charge in [0.2, 0.25) is 5.91 Å². The van der Waals surface area contributed by atoms with Crippen LogP contribution in [0.25, 0.3) is 0 Å². The molecule has 3 rings (SSSR count). The fourth-order valence-electron chi connectivity index (χ4n) is 3.12. The summed E-state index contributed by atoms with van der Waals surface area (Å²) < 4.78 is 24.4. The summed E-state index contributed by atoms with van der Waals surface area (Å²) in [7, 11) is -3.39. The Hall–Kier alpha value is -2.06. The van der Waals surface area contributed by atoms with Crippen LogP contribution in [0.15, 0.2) is 35.2 Å². The molecule has 0 atom stereocenters. The Balaban J connectivity index is 1.56. The van der Waals surface area contributed by atoms with Gasteiger partial charge in [-0.1, -0.05) is 43.4 Å². The number of rotatable bonds is 6. The number of carbonyl (C=O) groups excluding carboxylic acids is 2. The Labute approximate surface area is 162 Å². The maximum atomic E-state index is 12.2. The van der Waals surface area contributed by atoms with Crippen LogP contribution in [0.3, 0.4) is 0 Å². The first-order chi connectivity index (χ1) is 12.7. The molecule has 6 nitrogen and oxygen atoms in total. The molecule has 0 aliphatic heterocycles. The third kappa shape index (κ3) is 4.81. The van der Waals surface area contributed by atoms with Crippen molar-refractivity contribution in [1.82, 2.24) is 4.98 Å². The van der Waals surface area contributed by atoms with Crippen LogP contribution in [-0.4, -0.2) is 30.8 Å². The summed E-state index contributed by atoms with van der Waals surface area (Å²) in [6.45, 7) is 4.05. The highest BCUT2D eigenvalue weighted by molar-refractivity contribution is 7.91. The molecule has 0 fully saturated rings. The lowest BCUT2D eigenvalue weighted by Crippen LogP contribution is -2.26. The third-order valence-corrected chi connectivity index (χ3v) is 7.27. The highest BCUT2D eigenvalue weighted by Gasteiger charge is 2.34. The van der Waals surface area contributed by atoms with E-state index in [0.29, 0.717) is 22.9 Å². The molecule has 0 unspecified atom stereocenters. The topological polar surface area (TPSA) is 93.2 Å². The average molecular weight is 407 g/mol. The molecule has 1 aromatic carbocycles. The molecule has 0 spiro atoms. The number of hydrogen-bond donors (Lipinski definition) is 1. The number of nitrogens with zero attached hydrogens (tertiary/aromatic N) is 1. The van der Waals surface area contributed by atoms with Gasteiger partial charge in [0.05, 0.1) is 21.2 Å². The van der Waals surface area contributed by atoms with Crippen molar-refractivity contribution < 1.29 is 18.0 Å². The van der Waals surface area contributed by atoms with Crippen LogP contribution < -0.4 is 5.32 Å². The first-order valence-electron chi connectivity index (χ1n) is 8.77. The van der Waals surface area contributed by atoms with Crippen LogP contribution in [0.5, 0.6) is 0 Å². The quantitative estimate of drug-likeness (QED) is 0.793. The minimum atomic E-state index is -3.39. The van der Waals surface area contributed by atoms with Gasteiger partial charge in [0, 0.05) is 12.8 Å². The summed E-state index contributed by atoms with van der Waals surface area (Å²) in [5.74, 6) is -0.324. The van der Waals surface area contributed by atoms with Gasteiger partial charge >= 0.3 is 0 Å². The molecule has 1 N–H and O–H groups in total. The number of hydrogen-bond acceptors (Lipinski definition) is 6. The van der Waals surface area contributed by atoms with E-state index in [-0.39, 0.29) is 40.6 Å². The van der Waals surface area contributed by atoms with Crippen molar-refractivity contribution in [2.24, 2.45) is 5.41 Å². The number of nitrogens with one attached hydrogen (secondary N) is 1. The first-order valence-corrected chi connectivity index (χ1v) is 11.2. The molecule has 144 valence electrons. The molecule has 1 amide bonds. The summed E-state index contributed by atoms with van der Waals surface area (Å²) in [5, 5.41) is 3.10. The summed E-state index contributed by atoms with van der Waals surface area (Å²) in [4.78, 5) is 29.6. The van der Waals surface area contributed by atoms with Gasteiger partial charge in [0.15, 0.2) is 20.8 Å². The molecule has 0 radical (unpaired) electrons. The van der Waals surface area contributed by atoms with E-state index in [1.165, 1.54) is 11.3 Å². The van der Waals surface area contributed by atoms with Crippen molar-refractivity contribution in [2.75, 3.05) is 11.1 Å². The number of carbonyl (C=O) groups is 2. The van der Waals surface area contributed by atoms with E-state index in [2.05, 4.69) is 10.3 Å². The van der Waals surface area contributed by atoms with Crippen molar-refractivity contribution >= 4 is 38.0 Å². The van der Waals surface area contributed by atoms with E-state index < -0.39 is 9.84 Å². The predicted octanol–water partition coefficient (Wildman–Crippen LogP) is 3.49. The molecule has 27 heavy (non-hydrogen) atoms. The summed E-state index contributed by atoms with van der Waals surface area (Å²) in [6.07, 6.45) is 1.48. The number of anilines is 1. The third-order valence-electron chi connectivity index (χ3n) is 4.40. The zero-order chi connectivity index (χ0) is 19.7. The van der Waals surface area contributed by atoms with Crippen molar-refractivity contribution in [2.45, 2.75) is 44.4 Å². The zero-order valence-electron chi connectivity index (χ0n) is 15.3. The van der Waals surface area contributed by atoms with E-state index in [0.717, 1.165) is 5.69 Å². The SMILES string of the molecule is CC1(C)CC(=O)c2sc(NC(=O)CCCS(=O)(=O)c3ccccc3)nc2C1. The summed E-state index contributed by atoms with van der Waals surface area (Å²) in [6, 6.07) is 8.20. The second-order valence-electron chi connectivity index (χ2n) is 7.52. The largest absolute Gasteiger partial charge is 0.302 e. The van der Waals surface area contributed by atoms with Gasteiger partial charge < -0.3 is 5.32 Å². The van der Waals surface area contributed by atoms with Crippen LogP contribution in [0.1, 0.15) is 48.5 Å². The van der Waals surface area contributed by atoms with E-state index >= 15 is 0 Å². The van der Waals surface area contributed by atoms with Gasteiger partial charge in [0.1, 0.15) is 0 Å². The molecule has 1 aromatic heterocycles. The van der Waals surface area contributed by atoms with E-state index in [1.54, 1.807) is 30.3 Å². The Morgan fingerprint density at radius 3 is 2.63 bits per heavy atom. The van der Waals surface area contributed by atoms with Crippen molar-refractivity contribution in [3.8, 4) is 0 Å². The van der Waals surface area contributed by atoms with Gasteiger partial charge in [-0.2, -0.15) is 0 Å². The van der Waals surface area contributed by atoms with E-state index in [1.807, 2.05) is 13.8 Å². The van der Waals surface area contributed by atoms with Crippen molar-refractivity contribution in [3.63, 3.8) is 0 Å². The summed E-state index contributed by atoms with van der Waals surface area (Å²) >= 11 is 1.20. The lowest BCUT2D eigenvalue weighted by molar-refractivity contribution is -0.116. The lowest BCUT2D eigenvalue weighted by atomic mass is 9.78. The number of fused-ring (bicyclic) bond motifs is 1. The number of benzene rings is 1. The number of amides is 1. The second-order valence-corrected chi connectivity index (χ2v) is 10.6. The van der Waals surface area contributed by atoms with Gasteiger partial charge in [-0.05, 0) is 30.4 Å². The zero-order valence-corrected chi connectivity index (χ0v) is 17.0. The fourth-order valence-corrected chi connectivity index (χ4v) is 5.39. The number of ketones is 1. The molecular weight excluding hydrogens is 384 g/mol. The van der Waals surface area contributed by atoms with Crippen molar-refractivity contribution in [1.29, 1.82) is 0 Å². The highest BCUT2D eigenvalue weighted by Crippen LogP contribution is 2.38. The predicted molar refractivity (Wildman–Crippen MR) is 105 cm³/mol. The Kier molecular flexibility index (Phi) is 5.48. The summed E-state index contributed by atoms with van der Waals surface area (Å²) in [5.41, 5.74) is 0.619. The Morgan fingerprint density at radius 2 is 1.93 bits per heavy atom. The lowest BCUT2D eigenvalue weighted by Gasteiger charge is -2.26. The normalized spacial score (nSPS) is 16.0. The number of Topliss-reactive ketones (excluding diaryl/α,β-unsaturated/α-hetero) is 1. The van der Waals surface area contributed by atoms with Crippen LogP contribution >= 0.6 is 11.3 Å². The van der Waals surface area contributed by atoms with E-state index in [4.69, 9.17) is 0 Å². The Morgan fingerprint density at radius 1 is 1.22 bits per heavy atom. The van der Waals surface area contributed by atoms with Gasteiger partial charge in [-0.25, -0.2) is 13.4 Å². The van der Waals surface area contributed by atoms with Gasteiger partial charge in [-0.15, -0.1) is 0 Å². The van der Waals surface area contributed by atoms with E-state index in [9.17, 15) is 18.0 Å². The maximum absolute atomic E-state index is 12.2. The number of sulfone groups is 1. The van der Waals surface area contributed by atoms with Crippen LogP contribution in [0, 0.1) is 5.41 Å². The number of aromatic nitrogens is 1. The smallest absolute Gasteiger partial charge is 0.226 e. The molecule has 1 aliphatic carbocycles.